The van der Waals surface area contributed by atoms with E-state index in [-0.39, 0.29) is 11.3 Å². The van der Waals surface area contributed by atoms with Crippen molar-refractivity contribution in [2.24, 2.45) is 0 Å². The first-order chi connectivity index (χ1) is 11.4. The lowest BCUT2D eigenvalue weighted by atomic mass is 9.96. The van der Waals surface area contributed by atoms with Crippen LogP contribution in [0.2, 0.25) is 0 Å². The lowest BCUT2D eigenvalue weighted by Crippen LogP contribution is -2.23. The second-order valence-electron chi connectivity index (χ2n) is 6.53. The molecule has 0 bridgehead atoms. The maximum atomic E-state index is 12.5. The van der Waals surface area contributed by atoms with E-state index in [2.05, 4.69) is 15.5 Å². The van der Waals surface area contributed by atoms with Crippen molar-refractivity contribution in [3.05, 3.63) is 59.8 Å². The van der Waals surface area contributed by atoms with Gasteiger partial charge < -0.3 is 14.3 Å². The summed E-state index contributed by atoms with van der Waals surface area (Å²) in [4.78, 5) is 16.9. The van der Waals surface area contributed by atoms with Crippen LogP contribution in [0.4, 0.5) is 0 Å². The normalized spacial score (nSPS) is 11.5. The van der Waals surface area contributed by atoms with E-state index < -0.39 is 0 Å². The lowest BCUT2D eigenvalue weighted by molar-refractivity contribution is 0.0951. The molecule has 6 heteroatoms. The van der Waals surface area contributed by atoms with Gasteiger partial charge in [0.1, 0.15) is 0 Å². The average molecular weight is 325 g/mol. The zero-order valence-corrected chi connectivity index (χ0v) is 13.9. The standard InChI is InChI=1S/C18H19N3O3/c1-18(2,3)17-20-16(24-21-17)14-7-5-4-6-13(14)15(22)19-10-12-8-9-23-11-12/h4-9,11H,10H2,1-3H3,(H,19,22). The number of furan rings is 1. The molecule has 3 aromatic rings. The Kier molecular flexibility index (Phi) is 4.20. The smallest absolute Gasteiger partial charge is 0.258 e. The van der Waals surface area contributed by atoms with Gasteiger partial charge in [0.05, 0.1) is 23.7 Å². The molecule has 24 heavy (non-hydrogen) atoms. The summed E-state index contributed by atoms with van der Waals surface area (Å²) in [5.41, 5.74) is 1.78. The molecule has 0 spiro atoms. The fourth-order valence-corrected chi connectivity index (χ4v) is 2.18. The Labute approximate surface area is 139 Å². The lowest BCUT2D eigenvalue weighted by Gasteiger charge is -2.11. The molecule has 0 radical (unpaired) electrons. The number of carbonyl (C=O) groups excluding carboxylic acids is 1. The molecular weight excluding hydrogens is 306 g/mol. The van der Waals surface area contributed by atoms with Gasteiger partial charge in [-0.1, -0.05) is 38.1 Å². The molecule has 0 aliphatic carbocycles. The summed E-state index contributed by atoms with van der Waals surface area (Å²) < 4.78 is 10.4. The third-order valence-corrected chi connectivity index (χ3v) is 3.53. The first kappa shape index (κ1) is 16.0. The molecule has 1 amide bonds. The van der Waals surface area contributed by atoms with Gasteiger partial charge in [0.15, 0.2) is 5.82 Å². The number of aromatic nitrogens is 2. The minimum Gasteiger partial charge on any atom is -0.472 e. The van der Waals surface area contributed by atoms with Crippen LogP contribution in [0.1, 0.15) is 42.5 Å². The Hall–Kier alpha value is -2.89. The van der Waals surface area contributed by atoms with Crippen LogP contribution in [-0.2, 0) is 12.0 Å². The van der Waals surface area contributed by atoms with Crippen molar-refractivity contribution in [1.29, 1.82) is 0 Å². The SMILES string of the molecule is CC(C)(C)c1noc(-c2ccccc2C(=O)NCc2ccoc2)n1. The Morgan fingerprint density at radius 1 is 1.21 bits per heavy atom. The van der Waals surface area contributed by atoms with Crippen molar-refractivity contribution in [3.63, 3.8) is 0 Å². The van der Waals surface area contributed by atoms with Crippen LogP contribution in [0, 0.1) is 0 Å². The maximum Gasteiger partial charge on any atom is 0.258 e. The van der Waals surface area contributed by atoms with Gasteiger partial charge in [0.25, 0.3) is 11.8 Å². The van der Waals surface area contributed by atoms with Gasteiger partial charge in [-0.05, 0) is 18.2 Å². The van der Waals surface area contributed by atoms with E-state index in [1.807, 2.05) is 26.8 Å². The summed E-state index contributed by atoms with van der Waals surface area (Å²) in [7, 11) is 0. The van der Waals surface area contributed by atoms with Crippen molar-refractivity contribution in [2.75, 3.05) is 0 Å². The summed E-state index contributed by atoms with van der Waals surface area (Å²) in [6.07, 6.45) is 3.17. The third kappa shape index (κ3) is 3.37. The summed E-state index contributed by atoms with van der Waals surface area (Å²) in [5, 5.41) is 6.88. The van der Waals surface area contributed by atoms with Crippen LogP contribution < -0.4 is 5.32 Å². The number of benzene rings is 1. The molecule has 0 unspecified atom stereocenters. The molecule has 2 aromatic heterocycles. The van der Waals surface area contributed by atoms with Gasteiger partial charge in [-0.3, -0.25) is 4.79 Å². The summed E-state index contributed by atoms with van der Waals surface area (Å²) in [6.45, 7) is 6.40. The number of nitrogens with one attached hydrogen (secondary N) is 1. The summed E-state index contributed by atoms with van der Waals surface area (Å²) in [6, 6.07) is 8.98. The predicted octanol–water partition coefficient (Wildman–Crippen LogP) is 3.56. The van der Waals surface area contributed by atoms with E-state index in [0.717, 1.165) is 5.56 Å². The van der Waals surface area contributed by atoms with E-state index in [1.54, 1.807) is 36.8 Å². The van der Waals surface area contributed by atoms with Gasteiger partial charge in [-0.2, -0.15) is 4.98 Å². The highest BCUT2D eigenvalue weighted by molar-refractivity contribution is 5.99. The molecule has 0 fully saturated rings. The Balaban J connectivity index is 1.85. The van der Waals surface area contributed by atoms with Crippen LogP contribution in [-0.4, -0.2) is 16.0 Å². The van der Waals surface area contributed by atoms with E-state index in [4.69, 9.17) is 8.94 Å². The quantitative estimate of drug-likeness (QED) is 0.793. The van der Waals surface area contributed by atoms with Gasteiger partial charge >= 0.3 is 0 Å². The molecule has 3 rings (SSSR count). The van der Waals surface area contributed by atoms with Crippen LogP contribution in [0.3, 0.4) is 0 Å². The van der Waals surface area contributed by atoms with Crippen molar-refractivity contribution >= 4 is 5.91 Å². The zero-order chi connectivity index (χ0) is 17.2. The molecule has 0 saturated heterocycles. The molecule has 1 N–H and O–H groups in total. The van der Waals surface area contributed by atoms with Crippen LogP contribution in [0.5, 0.6) is 0 Å². The topological polar surface area (TPSA) is 81.2 Å². The number of amides is 1. The second-order valence-corrected chi connectivity index (χ2v) is 6.53. The van der Waals surface area contributed by atoms with Gasteiger partial charge in [0.2, 0.25) is 0 Å². The number of carbonyl (C=O) groups is 1. The molecule has 0 aliphatic heterocycles. The number of nitrogens with zero attached hydrogens (tertiary/aromatic N) is 2. The molecule has 0 aliphatic rings. The van der Waals surface area contributed by atoms with Gasteiger partial charge in [-0.15, -0.1) is 0 Å². The number of hydrogen-bond donors (Lipinski definition) is 1. The molecule has 1 aromatic carbocycles. The highest BCUT2D eigenvalue weighted by atomic mass is 16.5. The molecular formula is C18H19N3O3. The van der Waals surface area contributed by atoms with E-state index in [0.29, 0.717) is 29.4 Å². The first-order valence-electron chi connectivity index (χ1n) is 7.68. The predicted molar refractivity (Wildman–Crippen MR) is 88.3 cm³/mol. The minimum absolute atomic E-state index is 0.206. The zero-order valence-electron chi connectivity index (χ0n) is 13.9. The Bertz CT molecular complexity index is 829. The summed E-state index contributed by atoms with van der Waals surface area (Å²) >= 11 is 0. The molecule has 0 saturated carbocycles. The van der Waals surface area contributed by atoms with E-state index in [9.17, 15) is 4.79 Å². The van der Waals surface area contributed by atoms with Crippen LogP contribution >= 0.6 is 0 Å². The average Bonchev–Trinajstić information content (AvgIpc) is 3.23. The van der Waals surface area contributed by atoms with Crippen molar-refractivity contribution in [2.45, 2.75) is 32.7 Å². The molecule has 0 atom stereocenters. The monoisotopic (exact) mass is 325 g/mol. The highest BCUT2D eigenvalue weighted by Gasteiger charge is 2.23. The fraction of sp³-hybridized carbons (Fsp3) is 0.278. The van der Waals surface area contributed by atoms with Crippen molar-refractivity contribution < 1.29 is 13.7 Å². The third-order valence-electron chi connectivity index (χ3n) is 3.53. The number of hydrogen-bond acceptors (Lipinski definition) is 5. The van der Waals surface area contributed by atoms with Gasteiger partial charge in [0, 0.05) is 17.5 Å². The molecule has 6 nitrogen and oxygen atoms in total. The molecule has 2 heterocycles. The summed E-state index contributed by atoms with van der Waals surface area (Å²) in [5.74, 6) is 0.738. The van der Waals surface area contributed by atoms with E-state index in [1.165, 1.54) is 0 Å². The fourth-order valence-electron chi connectivity index (χ4n) is 2.18. The Morgan fingerprint density at radius 3 is 2.67 bits per heavy atom. The van der Waals surface area contributed by atoms with Crippen LogP contribution in [0.15, 0.2) is 51.8 Å². The largest absolute Gasteiger partial charge is 0.472 e. The minimum atomic E-state index is -0.222. The van der Waals surface area contributed by atoms with Crippen molar-refractivity contribution in [3.8, 4) is 11.5 Å². The second kappa shape index (κ2) is 6.31. The van der Waals surface area contributed by atoms with Gasteiger partial charge in [-0.25, -0.2) is 0 Å². The first-order valence-corrected chi connectivity index (χ1v) is 7.68. The van der Waals surface area contributed by atoms with E-state index >= 15 is 0 Å². The molecule has 124 valence electrons. The van der Waals surface area contributed by atoms with Crippen LogP contribution in [0.25, 0.3) is 11.5 Å². The maximum absolute atomic E-state index is 12.5. The highest BCUT2D eigenvalue weighted by Crippen LogP contribution is 2.26. The Morgan fingerprint density at radius 2 is 2.00 bits per heavy atom. The van der Waals surface area contributed by atoms with Crippen molar-refractivity contribution in [1.82, 2.24) is 15.5 Å². The number of rotatable bonds is 4.